The number of hydrogen-bond acceptors (Lipinski definition) is 5. The highest BCUT2D eigenvalue weighted by Gasteiger charge is 2.33. The molecule has 1 N–H and O–H groups in total. The summed E-state index contributed by atoms with van der Waals surface area (Å²) in [6.07, 6.45) is 1.89. The minimum atomic E-state index is -3.82. The van der Waals surface area contributed by atoms with Crippen LogP contribution in [0.25, 0.3) is 11.1 Å². The van der Waals surface area contributed by atoms with Crippen LogP contribution in [0.15, 0.2) is 56.6 Å². The zero-order chi connectivity index (χ0) is 22.9. The zero-order valence-electron chi connectivity index (χ0n) is 17.6. The standard InChI is InChI=1S/C22H24ClN3O5S/c1-25-19-9-8-18(13-20(19)31-22(25)28)32(29,30)26-12-2-3-16(14-26)21(27)24-11-10-15-4-6-17(23)7-5-15/h4-9,13,16H,2-3,10-12,14H2,1H3,(H,24,27)/t16-/m0/s1. The molecule has 170 valence electrons. The molecule has 0 radical (unpaired) electrons. The van der Waals surface area contributed by atoms with E-state index in [9.17, 15) is 18.0 Å². The van der Waals surface area contributed by atoms with Gasteiger partial charge < -0.3 is 9.73 Å². The first-order valence-electron chi connectivity index (χ1n) is 10.4. The van der Waals surface area contributed by atoms with Crippen molar-refractivity contribution < 1.29 is 17.6 Å². The summed E-state index contributed by atoms with van der Waals surface area (Å²) in [4.78, 5) is 24.4. The van der Waals surface area contributed by atoms with Gasteiger partial charge >= 0.3 is 5.76 Å². The molecule has 1 fully saturated rings. The Morgan fingerprint density at radius 3 is 2.72 bits per heavy atom. The Morgan fingerprint density at radius 2 is 1.97 bits per heavy atom. The summed E-state index contributed by atoms with van der Waals surface area (Å²) in [6, 6.07) is 11.8. The van der Waals surface area contributed by atoms with E-state index in [2.05, 4.69) is 5.32 Å². The van der Waals surface area contributed by atoms with E-state index in [-0.39, 0.29) is 22.9 Å². The lowest BCUT2D eigenvalue weighted by Gasteiger charge is -2.31. The second-order valence-electron chi connectivity index (χ2n) is 7.93. The summed E-state index contributed by atoms with van der Waals surface area (Å²) < 4.78 is 34.1. The highest BCUT2D eigenvalue weighted by Crippen LogP contribution is 2.26. The molecule has 2 heterocycles. The molecular weight excluding hydrogens is 454 g/mol. The van der Waals surface area contributed by atoms with Gasteiger partial charge in [0.2, 0.25) is 15.9 Å². The van der Waals surface area contributed by atoms with Crippen LogP contribution in [0.4, 0.5) is 0 Å². The van der Waals surface area contributed by atoms with E-state index in [1.54, 1.807) is 25.2 Å². The number of halogens is 1. The first-order chi connectivity index (χ1) is 15.3. The van der Waals surface area contributed by atoms with Crippen molar-refractivity contribution in [1.82, 2.24) is 14.2 Å². The minimum absolute atomic E-state index is 0.0446. The number of hydrogen-bond donors (Lipinski definition) is 1. The fraction of sp³-hybridized carbons (Fsp3) is 0.364. The fourth-order valence-electron chi connectivity index (χ4n) is 3.92. The van der Waals surface area contributed by atoms with Crippen LogP contribution in [0.2, 0.25) is 5.02 Å². The van der Waals surface area contributed by atoms with Crippen LogP contribution in [0, 0.1) is 5.92 Å². The van der Waals surface area contributed by atoms with E-state index in [1.807, 2.05) is 12.1 Å². The molecule has 2 aromatic carbocycles. The summed E-state index contributed by atoms with van der Waals surface area (Å²) in [7, 11) is -2.26. The van der Waals surface area contributed by atoms with Gasteiger partial charge in [-0.3, -0.25) is 9.36 Å². The molecule has 1 aliphatic heterocycles. The van der Waals surface area contributed by atoms with Gasteiger partial charge in [0.15, 0.2) is 5.58 Å². The van der Waals surface area contributed by atoms with Gasteiger partial charge in [0.05, 0.1) is 16.3 Å². The molecule has 0 saturated carbocycles. The van der Waals surface area contributed by atoms with E-state index < -0.39 is 21.7 Å². The molecule has 4 rings (SSSR count). The molecule has 1 aliphatic rings. The van der Waals surface area contributed by atoms with Gasteiger partial charge in [0.1, 0.15) is 0 Å². The maximum absolute atomic E-state index is 13.2. The van der Waals surface area contributed by atoms with E-state index in [0.29, 0.717) is 42.9 Å². The number of carbonyl (C=O) groups is 1. The van der Waals surface area contributed by atoms with Gasteiger partial charge in [0, 0.05) is 37.8 Å². The average molecular weight is 478 g/mol. The van der Waals surface area contributed by atoms with Gasteiger partial charge in [0.25, 0.3) is 0 Å². The molecule has 1 saturated heterocycles. The first kappa shape index (κ1) is 22.6. The van der Waals surface area contributed by atoms with Gasteiger partial charge in [-0.15, -0.1) is 0 Å². The van der Waals surface area contributed by atoms with Gasteiger partial charge in [-0.2, -0.15) is 4.31 Å². The number of nitrogens with zero attached hydrogens (tertiary/aromatic N) is 2. The Balaban J connectivity index is 1.41. The van der Waals surface area contributed by atoms with Crippen LogP contribution in [0.1, 0.15) is 18.4 Å². The molecule has 10 heteroatoms. The van der Waals surface area contributed by atoms with Crippen LogP contribution in [-0.2, 0) is 28.3 Å². The molecule has 3 aromatic rings. The van der Waals surface area contributed by atoms with E-state index in [4.69, 9.17) is 16.0 Å². The topological polar surface area (TPSA) is 102 Å². The Morgan fingerprint density at radius 1 is 1.22 bits per heavy atom. The molecule has 0 unspecified atom stereocenters. The van der Waals surface area contributed by atoms with Crippen LogP contribution in [0.3, 0.4) is 0 Å². The molecule has 1 atom stereocenters. The fourth-order valence-corrected chi connectivity index (χ4v) is 5.59. The van der Waals surface area contributed by atoms with E-state index in [1.165, 1.54) is 21.0 Å². The van der Waals surface area contributed by atoms with E-state index in [0.717, 1.165) is 5.56 Å². The van der Waals surface area contributed by atoms with Crippen LogP contribution < -0.4 is 11.1 Å². The van der Waals surface area contributed by atoms with Gasteiger partial charge in [-0.05, 0) is 49.1 Å². The maximum atomic E-state index is 13.2. The number of sulfonamides is 1. The molecular formula is C22H24ClN3O5S. The van der Waals surface area contributed by atoms with Crippen molar-refractivity contribution in [2.24, 2.45) is 13.0 Å². The third kappa shape index (κ3) is 4.60. The third-order valence-electron chi connectivity index (χ3n) is 5.78. The van der Waals surface area contributed by atoms with Gasteiger partial charge in [-0.25, -0.2) is 13.2 Å². The summed E-state index contributed by atoms with van der Waals surface area (Å²) in [5.41, 5.74) is 1.79. The average Bonchev–Trinajstić information content (AvgIpc) is 3.08. The van der Waals surface area contributed by atoms with Crippen molar-refractivity contribution in [2.75, 3.05) is 19.6 Å². The predicted molar refractivity (Wildman–Crippen MR) is 121 cm³/mol. The van der Waals surface area contributed by atoms with Gasteiger partial charge in [-0.1, -0.05) is 23.7 Å². The number of oxazole rings is 1. The van der Waals surface area contributed by atoms with Crippen molar-refractivity contribution in [3.63, 3.8) is 0 Å². The summed E-state index contributed by atoms with van der Waals surface area (Å²) in [6.45, 7) is 0.924. The van der Waals surface area contributed by atoms with Crippen molar-refractivity contribution in [3.8, 4) is 0 Å². The quantitative estimate of drug-likeness (QED) is 0.588. The summed E-state index contributed by atoms with van der Waals surface area (Å²) >= 11 is 5.89. The monoisotopic (exact) mass is 477 g/mol. The number of nitrogens with one attached hydrogen (secondary N) is 1. The van der Waals surface area contributed by atoms with Crippen molar-refractivity contribution in [3.05, 3.63) is 63.6 Å². The number of aryl methyl sites for hydroxylation is 1. The SMILES string of the molecule is Cn1c(=O)oc2cc(S(=O)(=O)N3CCC[C@H](C(=O)NCCc4ccc(Cl)cc4)C3)ccc21. The van der Waals surface area contributed by atoms with Crippen molar-refractivity contribution >= 4 is 38.6 Å². The molecule has 1 amide bonds. The van der Waals surface area contributed by atoms with Crippen LogP contribution in [0.5, 0.6) is 0 Å². The molecule has 8 nitrogen and oxygen atoms in total. The summed E-state index contributed by atoms with van der Waals surface area (Å²) in [5, 5.41) is 3.58. The third-order valence-corrected chi connectivity index (χ3v) is 7.90. The predicted octanol–water partition coefficient (Wildman–Crippen LogP) is 2.54. The molecule has 32 heavy (non-hydrogen) atoms. The lowest BCUT2D eigenvalue weighted by atomic mass is 9.99. The normalized spacial score (nSPS) is 17.5. The number of benzene rings is 2. The lowest BCUT2D eigenvalue weighted by Crippen LogP contribution is -2.45. The largest absolute Gasteiger partial charge is 0.419 e. The highest BCUT2D eigenvalue weighted by atomic mass is 35.5. The van der Waals surface area contributed by atoms with Crippen molar-refractivity contribution in [1.29, 1.82) is 0 Å². The number of carbonyl (C=O) groups excluding carboxylic acids is 1. The number of piperidine rings is 1. The Bertz CT molecular complexity index is 1300. The lowest BCUT2D eigenvalue weighted by molar-refractivity contribution is -0.126. The maximum Gasteiger partial charge on any atom is 0.419 e. The van der Waals surface area contributed by atoms with Crippen LogP contribution >= 0.6 is 11.6 Å². The molecule has 0 bridgehead atoms. The Labute approximate surface area is 190 Å². The first-order valence-corrected chi connectivity index (χ1v) is 12.2. The number of rotatable bonds is 6. The number of amides is 1. The highest BCUT2D eigenvalue weighted by molar-refractivity contribution is 7.89. The smallest absolute Gasteiger partial charge is 0.408 e. The Kier molecular flexibility index (Phi) is 6.41. The number of fused-ring (bicyclic) bond motifs is 1. The van der Waals surface area contributed by atoms with Crippen molar-refractivity contribution in [2.45, 2.75) is 24.2 Å². The number of aromatic nitrogens is 1. The molecule has 0 spiro atoms. The molecule has 0 aliphatic carbocycles. The minimum Gasteiger partial charge on any atom is -0.408 e. The Hall–Kier alpha value is -2.62. The zero-order valence-corrected chi connectivity index (χ0v) is 19.2. The second-order valence-corrected chi connectivity index (χ2v) is 10.3. The summed E-state index contributed by atoms with van der Waals surface area (Å²) in [5.74, 6) is -1.12. The van der Waals surface area contributed by atoms with E-state index >= 15 is 0 Å². The van der Waals surface area contributed by atoms with Crippen LogP contribution in [-0.4, -0.2) is 42.8 Å². The molecule has 1 aromatic heterocycles. The second kappa shape index (κ2) is 9.09.